The van der Waals surface area contributed by atoms with Crippen LogP contribution < -0.4 is 9.47 Å². The number of halogens is 1. The standard InChI is InChI=1S/C28H28ClNO4/c1-30-20-10-6-12-22(31)26(20)25(27-21(30)11-7-13-23(27)32)18-14-19(29)28(24(15-18)33-2)34-16-17-8-4-3-5-9-17/h3-5,8-9,14-15,25H,6-7,10-13,16H2,1-2H3. The van der Waals surface area contributed by atoms with Crippen LogP contribution in [0.3, 0.4) is 0 Å². The Hall–Kier alpha value is -3.05. The van der Waals surface area contributed by atoms with Crippen molar-refractivity contribution in [3.05, 3.63) is 81.2 Å². The van der Waals surface area contributed by atoms with Gasteiger partial charge in [-0.25, -0.2) is 0 Å². The largest absolute Gasteiger partial charge is 0.493 e. The fourth-order valence-corrected chi connectivity index (χ4v) is 5.74. The molecule has 0 spiro atoms. The Bertz CT molecular complexity index is 1170. The molecule has 0 radical (unpaired) electrons. The second kappa shape index (κ2) is 9.30. The zero-order valence-corrected chi connectivity index (χ0v) is 20.3. The van der Waals surface area contributed by atoms with E-state index in [1.165, 1.54) is 0 Å². The number of nitrogens with zero attached hydrogens (tertiary/aromatic N) is 1. The van der Waals surface area contributed by atoms with E-state index in [1.54, 1.807) is 7.11 Å². The van der Waals surface area contributed by atoms with Crippen LogP contribution in [-0.2, 0) is 16.2 Å². The molecule has 0 unspecified atom stereocenters. The first-order chi connectivity index (χ1) is 16.5. The third-order valence-corrected chi connectivity index (χ3v) is 7.34. The lowest BCUT2D eigenvalue weighted by molar-refractivity contribution is -0.117. The van der Waals surface area contributed by atoms with Crippen molar-refractivity contribution in [1.29, 1.82) is 0 Å². The molecule has 0 fully saturated rings. The van der Waals surface area contributed by atoms with Crippen molar-refractivity contribution in [3.8, 4) is 11.5 Å². The van der Waals surface area contributed by atoms with Crippen LogP contribution in [0.15, 0.2) is 65.0 Å². The summed E-state index contributed by atoms with van der Waals surface area (Å²) in [5, 5.41) is 0.403. The summed E-state index contributed by atoms with van der Waals surface area (Å²) in [6.07, 6.45) is 4.35. The molecule has 34 heavy (non-hydrogen) atoms. The minimum atomic E-state index is -0.420. The molecule has 1 aliphatic heterocycles. The molecule has 0 aromatic heterocycles. The third kappa shape index (κ3) is 3.92. The van der Waals surface area contributed by atoms with Gasteiger partial charge in [-0.2, -0.15) is 0 Å². The summed E-state index contributed by atoms with van der Waals surface area (Å²) in [6, 6.07) is 13.6. The topological polar surface area (TPSA) is 55.8 Å². The van der Waals surface area contributed by atoms with E-state index < -0.39 is 5.92 Å². The van der Waals surface area contributed by atoms with Gasteiger partial charge in [-0.05, 0) is 48.9 Å². The molecular formula is C28H28ClNO4. The van der Waals surface area contributed by atoms with E-state index in [4.69, 9.17) is 21.1 Å². The van der Waals surface area contributed by atoms with Crippen molar-refractivity contribution in [1.82, 2.24) is 4.90 Å². The van der Waals surface area contributed by atoms with Gasteiger partial charge in [-0.3, -0.25) is 9.59 Å². The third-order valence-electron chi connectivity index (χ3n) is 7.06. The van der Waals surface area contributed by atoms with Crippen LogP contribution in [0.4, 0.5) is 0 Å². The Kier molecular flexibility index (Phi) is 6.22. The Morgan fingerprint density at radius 2 is 1.56 bits per heavy atom. The summed E-state index contributed by atoms with van der Waals surface area (Å²) in [4.78, 5) is 28.5. The van der Waals surface area contributed by atoms with E-state index in [2.05, 4.69) is 4.90 Å². The average molecular weight is 478 g/mol. The van der Waals surface area contributed by atoms with Crippen LogP contribution in [0.1, 0.15) is 55.6 Å². The first kappa shape index (κ1) is 22.7. The van der Waals surface area contributed by atoms with Crippen LogP contribution in [0.2, 0.25) is 5.02 Å². The Morgan fingerprint density at radius 1 is 0.941 bits per heavy atom. The maximum atomic E-state index is 13.2. The molecule has 5 nitrogen and oxygen atoms in total. The molecular weight excluding hydrogens is 450 g/mol. The zero-order chi connectivity index (χ0) is 23.8. The minimum absolute atomic E-state index is 0.113. The quantitative estimate of drug-likeness (QED) is 0.531. The lowest BCUT2D eigenvalue weighted by atomic mass is 9.71. The number of benzene rings is 2. The van der Waals surface area contributed by atoms with Crippen molar-refractivity contribution in [2.24, 2.45) is 0 Å². The van der Waals surface area contributed by atoms with Gasteiger partial charge in [0.05, 0.1) is 12.1 Å². The number of ketones is 2. The summed E-state index contributed by atoms with van der Waals surface area (Å²) < 4.78 is 11.7. The number of allylic oxidation sites excluding steroid dienone is 4. The van der Waals surface area contributed by atoms with Gasteiger partial charge in [0, 0.05) is 48.3 Å². The van der Waals surface area contributed by atoms with Crippen LogP contribution >= 0.6 is 11.6 Å². The highest BCUT2D eigenvalue weighted by Crippen LogP contribution is 2.50. The highest BCUT2D eigenvalue weighted by molar-refractivity contribution is 6.32. The van der Waals surface area contributed by atoms with E-state index >= 15 is 0 Å². The fraction of sp³-hybridized carbons (Fsp3) is 0.357. The fourth-order valence-electron chi connectivity index (χ4n) is 5.46. The number of hydrogen-bond acceptors (Lipinski definition) is 5. The van der Waals surface area contributed by atoms with Crippen molar-refractivity contribution in [2.75, 3.05) is 14.2 Å². The van der Waals surface area contributed by atoms with Crippen LogP contribution in [0.25, 0.3) is 0 Å². The van der Waals surface area contributed by atoms with Gasteiger partial charge >= 0.3 is 0 Å². The minimum Gasteiger partial charge on any atom is -0.493 e. The summed E-state index contributed by atoms with van der Waals surface area (Å²) in [5.74, 6) is 0.757. The molecule has 0 saturated heterocycles. The van der Waals surface area contributed by atoms with Crippen molar-refractivity contribution in [3.63, 3.8) is 0 Å². The van der Waals surface area contributed by atoms with Crippen LogP contribution in [-0.4, -0.2) is 30.6 Å². The normalized spacial score (nSPS) is 18.7. The highest BCUT2D eigenvalue weighted by Gasteiger charge is 2.42. The smallest absolute Gasteiger partial charge is 0.180 e. The van der Waals surface area contributed by atoms with Crippen molar-refractivity contribution in [2.45, 2.75) is 51.0 Å². The van der Waals surface area contributed by atoms with E-state index in [1.807, 2.05) is 49.5 Å². The van der Waals surface area contributed by atoms with Gasteiger partial charge in [0.1, 0.15) is 6.61 Å². The molecule has 0 bridgehead atoms. The molecule has 176 valence electrons. The lowest BCUT2D eigenvalue weighted by Gasteiger charge is -2.42. The molecule has 0 atom stereocenters. The van der Waals surface area contributed by atoms with Gasteiger partial charge in [-0.15, -0.1) is 0 Å². The van der Waals surface area contributed by atoms with Gasteiger partial charge in [-0.1, -0.05) is 41.9 Å². The number of carbonyl (C=O) groups excluding carboxylic acids is 2. The maximum Gasteiger partial charge on any atom is 0.180 e. The number of Topliss-reactive ketones (excluding diaryl/α,β-unsaturated/α-hetero) is 2. The first-order valence-corrected chi connectivity index (χ1v) is 12.2. The van der Waals surface area contributed by atoms with Gasteiger partial charge in [0.2, 0.25) is 0 Å². The van der Waals surface area contributed by atoms with E-state index in [9.17, 15) is 9.59 Å². The predicted molar refractivity (Wildman–Crippen MR) is 131 cm³/mol. The highest BCUT2D eigenvalue weighted by atomic mass is 35.5. The Labute approximate surface area is 205 Å². The van der Waals surface area contributed by atoms with E-state index in [0.717, 1.165) is 59.4 Å². The maximum absolute atomic E-state index is 13.2. The number of hydrogen-bond donors (Lipinski definition) is 0. The SMILES string of the molecule is COc1cc(C2C3=C(CCCC3=O)N(C)C3=C2C(=O)CCC3)cc(Cl)c1OCc1ccccc1. The first-order valence-electron chi connectivity index (χ1n) is 11.8. The number of ether oxygens (including phenoxy) is 2. The van der Waals surface area contributed by atoms with Crippen LogP contribution in [0.5, 0.6) is 11.5 Å². The molecule has 2 aromatic carbocycles. The van der Waals surface area contributed by atoms with E-state index in [-0.39, 0.29) is 11.6 Å². The molecule has 6 heteroatoms. The Balaban J connectivity index is 1.60. The average Bonchev–Trinajstić information content (AvgIpc) is 2.85. The van der Waals surface area contributed by atoms with Crippen molar-refractivity contribution >= 4 is 23.2 Å². The Morgan fingerprint density at radius 3 is 2.15 bits per heavy atom. The summed E-state index contributed by atoms with van der Waals surface area (Å²) in [6.45, 7) is 0.353. The zero-order valence-electron chi connectivity index (χ0n) is 19.5. The summed E-state index contributed by atoms with van der Waals surface area (Å²) >= 11 is 6.73. The van der Waals surface area contributed by atoms with E-state index in [0.29, 0.717) is 36.0 Å². The molecule has 0 amide bonds. The second-order valence-corrected chi connectivity index (χ2v) is 9.48. The van der Waals surface area contributed by atoms with Gasteiger partial charge < -0.3 is 14.4 Å². The molecule has 5 rings (SSSR count). The number of methoxy groups -OCH3 is 1. The molecule has 0 saturated carbocycles. The summed E-state index contributed by atoms with van der Waals surface area (Å²) in [7, 11) is 3.57. The van der Waals surface area contributed by atoms with Crippen molar-refractivity contribution < 1.29 is 19.1 Å². The van der Waals surface area contributed by atoms with Gasteiger partial charge in [0.25, 0.3) is 0 Å². The molecule has 3 aliphatic rings. The molecule has 2 aliphatic carbocycles. The number of carbonyl (C=O) groups is 2. The number of rotatable bonds is 5. The second-order valence-electron chi connectivity index (χ2n) is 9.07. The van der Waals surface area contributed by atoms with Crippen LogP contribution in [0, 0.1) is 0 Å². The summed E-state index contributed by atoms with van der Waals surface area (Å²) in [5.41, 5.74) is 5.36. The van der Waals surface area contributed by atoms with Gasteiger partial charge in [0.15, 0.2) is 23.1 Å². The molecule has 2 aromatic rings. The predicted octanol–water partition coefficient (Wildman–Crippen LogP) is 5.97. The molecule has 1 heterocycles. The molecule has 0 N–H and O–H groups in total. The monoisotopic (exact) mass is 477 g/mol. The lowest BCUT2D eigenvalue weighted by Crippen LogP contribution is -2.37.